The first-order chi connectivity index (χ1) is 27.0. The third-order valence-corrected chi connectivity index (χ3v) is 13.4. The summed E-state index contributed by atoms with van der Waals surface area (Å²) in [6, 6.07) is 54.6. The van der Waals surface area contributed by atoms with E-state index in [0.717, 1.165) is 17.1 Å². The fourth-order valence-electron chi connectivity index (χ4n) is 9.53. The Morgan fingerprint density at radius 3 is 2.15 bits per heavy atom. The molecule has 3 aliphatic carbocycles. The lowest BCUT2D eigenvalue weighted by Gasteiger charge is -2.30. The summed E-state index contributed by atoms with van der Waals surface area (Å²) < 4.78 is 2.68. The van der Waals surface area contributed by atoms with E-state index in [4.69, 9.17) is 0 Å². The Kier molecular flexibility index (Phi) is 7.27. The maximum atomic E-state index is 2.45. The number of thiophene rings is 1. The van der Waals surface area contributed by atoms with Crippen LogP contribution in [0.4, 0.5) is 17.1 Å². The number of allylic oxidation sites excluding steroid dienone is 8. The Hall–Kier alpha value is -6.22. The standard InChI is InChI=1S/C53H39NS/c1-53(2)48-22-7-5-17-44(48)45-29-28-39(33-49(45)53)54(38-15-9-14-36(32-38)42-19-10-13-34-12-3-4-16-40(34)42)37-26-24-35(25-27-37)41-20-11-21-46-43(41)30-31-51-52(46)47-18-6-8-23-50(47)55-51/h3-34,40H,1-2H3. The van der Waals surface area contributed by atoms with Gasteiger partial charge in [0.25, 0.3) is 0 Å². The van der Waals surface area contributed by atoms with Gasteiger partial charge in [-0.15, -0.1) is 11.3 Å². The van der Waals surface area contributed by atoms with E-state index in [1.807, 2.05) is 11.3 Å². The van der Waals surface area contributed by atoms with E-state index >= 15 is 0 Å². The van der Waals surface area contributed by atoms with Gasteiger partial charge in [0.15, 0.2) is 0 Å². The molecule has 0 N–H and O–H groups in total. The van der Waals surface area contributed by atoms with Crippen LogP contribution in [0.25, 0.3) is 58.8 Å². The molecule has 2 heteroatoms. The van der Waals surface area contributed by atoms with Gasteiger partial charge in [-0.1, -0.05) is 153 Å². The highest BCUT2D eigenvalue weighted by Gasteiger charge is 2.36. The van der Waals surface area contributed by atoms with E-state index in [1.165, 1.54) is 75.5 Å². The topological polar surface area (TPSA) is 3.24 Å². The molecule has 1 nitrogen and oxygen atoms in total. The molecule has 2 atom stereocenters. The average molecular weight is 722 g/mol. The number of benzene rings is 7. The predicted molar refractivity (Wildman–Crippen MR) is 237 cm³/mol. The lowest BCUT2D eigenvalue weighted by molar-refractivity contribution is 0.660. The number of rotatable bonds is 5. The number of hydrogen-bond donors (Lipinski definition) is 0. The van der Waals surface area contributed by atoms with Crippen LogP contribution >= 0.6 is 11.3 Å². The molecule has 1 aromatic heterocycles. The molecule has 0 saturated heterocycles. The van der Waals surface area contributed by atoms with Gasteiger partial charge in [-0.05, 0) is 104 Å². The first kappa shape index (κ1) is 32.2. The predicted octanol–water partition coefficient (Wildman–Crippen LogP) is 15.0. The summed E-state index contributed by atoms with van der Waals surface area (Å²) in [5, 5.41) is 5.30. The largest absolute Gasteiger partial charge is 0.310 e. The summed E-state index contributed by atoms with van der Waals surface area (Å²) in [6.07, 6.45) is 15.9. The molecule has 55 heavy (non-hydrogen) atoms. The molecule has 262 valence electrons. The highest BCUT2D eigenvalue weighted by molar-refractivity contribution is 7.26. The first-order valence-electron chi connectivity index (χ1n) is 19.3. The van der Waals surface area contributed by atoms with Gasteiger partial charge in [0, 0.05) is 54.5 Å². The smallest absolute Gasteiger partial charge is 0.0467 e. The van der Waals surface area contributed by atoms with Crippen molar-refractivity contribution < 1.29 is 0 Å². The number of anilines is 3. The van der Waals surface area contributed by atoms with Crippen LogP contribution < -0.4 is 4.90 Å². The van der Waals surface area contributed by atoms with Crippen molar-refractivity contribution in [3.8, 4) is 22.3 Å². The molecule has 1 heterocycles. The third kappa shape index (κ3) is 5.05. The van der Waals surface area contributed by atoms with Crippen molar-refractivity contribution in [3.63, 3.8) is 0 Å². The zero-order valence-corrected chi connectivity index (χ0v) is 31.7. The van der Waals surface area contributed by atoms with Gasteiger partial charge >= 0.3 is 0 Å². The van der Waals surface area contributed by atoms with Crippen molar-refractivity contribution in [1.29, 1.82) is 0 Å². The van der Waals surface area contributed by atoms with Crippen LogP contribution in [-0.4, -0.2) is 0 Å². The summed E-state index contributed by atoms with van der Waals surface area (Å²) in [5.41, 5.74) is 13.9. The molecule has 3 aliphatic rings. The van der Waals surface area contributed by atoms with Gasteiger partial charge < -0.3 is 4.90 Å². The van der Waals surface area contributed by atoms with E-state index in [0.29, 0.717) is 11.8 Å². The maximum Gasteiger partial charge on any atom is 0.0467 e. The minimum Gasteiger partial charge on any atom is -0.310 e. The van der Waals surface area contributed by atoms with Crippen molar-refractivity contribution in [2.24, 2.45) is 11.8 Å². The Morgan fingerprint density at radius 1 is 0.491 bits per heavy atom. The molecule has 8 aromatic rings. The van der Waals surface area contributed by atoms with E-state index < -0.39 is 0 Å². The van der Waals surface area contributed by atoms with Gasteiger partial charge in [-0.2, -0.15) is 0 Å². The second kappa shape index (κ2) is 12.4. The molecule has 0 bridgehead atoms. The van der Waals surface area contributed by atoms with Gasteiger partial charge in [0.05, 0.1) is 0 Å². The Labute approximate surface area is 326 Å². The van der Waals surface area contributed by atoms with Crippen LogP contribution in [0.1, 0.15) is 30.5 Å². The summed E-state index contributed by atoms with van der Waals surface area (Å²) in [4.78, 5) is 2.45. The molecule has 0 saturated carbocycles. The Bertz CT molecular complexity index is 2970. The molecular formula is C53H39NS. The zero-order chi connectivity index (χ0) is 36.7. The number of fused-ring (bicyclic) bond motifs is 9. The second-order valence-corrected chi connectivity index (χ2v) is 16.7. The summed E-state index contributed by atoms with van der Waals surface area (Å²) in [7, 11) is 0. The van der Waals surface area contributed by atoms with E-state index in [2.05, 4.69) is 207 Å². The summed E-state index contributed by atoms with van der Waals surface area (Å²) in [5.74, 6) is 0.729. The fraction of sp³-hybridized carbons (Fsp3) is 0.0943. The van der Waals surface area contributed by atoms with Gasteiger partial charge in [-0.3, -0.25) is 0 Å². The molecule has 11 rings (SSSR count). The quantitative estimate of drug-likeness (QED) is 0.171. The van der Waals surface area contributed by atoms with Crippen LogP contribution in [0.3, 0.4) is 0 Å². The normalized spacial score (nSPS) is 17.7. The monoisotopic (exact) mass is 721 g/mol. The van der Waals surface area contributed by atoms with Crippen molar-refractivity contribution in [1.82, 2.24) is 0 Å². The lowest BCUT2D eigenvalue weighted by atomic mass is 9.77. The van der Waals surface area contributed by atoms with Crippen LogP contribution in [0.15, 0.2) is 188 Å². The molecular weight excluding hydrogens is 683 g/mol. The van der Waals surface area contributed by atoms with Crippen molar-refractivity contribution in [2.45, 2.75) is 19.3 Å². The Morgan fingerprint density at radius 2 is 1.22 bits per heavy atom. The number of nitrogens with zero attached hydrogens (tertiary/aromatic N) is 1. The SMILES string of the molecule is CC1(C)c2ccccc2-c2ccc(N(c3ccc(-c4cccc5c4ccc4sc6ccccc6c45)cc3)c3cccc(C4=CC=CC5C=CC=CC45)c3)cc21. The summed E-state index contributed by atoms with van der Waals surface area (Å²) >= 11 is 1.88. The minimum absolute atomic E-state index is 0.0953. The number of hydrogen-bond acceptors (Lipinski definition) is 2. The highest BCUT2D eigenvalue weighted by atomic mass is 32.1. The fourth-order valence-corrected chi connectivity index (χ4v) is 10.7. The molecule has 0 amide bonds. The maximum absolute atomic E-state index is 2.45. The van der Waals surface area contributed by atoms with E-state index in [1.54, 1.807) is 0 Å². The van der Waals surface area contributed by atoms with Crippen LogP contribution in [-0.2, 0) is 5.41 Å². The Balaban J connectivity index is 1.04. The molecule has 0 fully saturated rings. The molecule has 0 radical (unpaired) electrons. The second-order valence-electron chi connectivity index (χ2n) is 15.7. The molecule has 7 aromatic carbocycles. The van der Waals surface area contributed by atoms with Crippen LogP contribution in [0.2, 0.25) is 0 Å². The molecule has 0 spiro atoms. The minimum atomic E-state index is -0.0953. The van der Waals surface area contributed by atoms with Crippen molar-refractivity contribution in [3.05, 3.63) is 205 Å². The van der Waals surface area contributed by atoms with Gasteiger partial charge in [0.1, 0.15) is 0 Å². The van der Waals surface area contributed by atoms with Gasteiger partial charge in [-0.25, -0.2) is 0 Å². The van der Waals surface area contributed by atoms with Crippen LogP contribution in [0.5, 0.6) is 0 Å². The van der Waals surface area contributed by atoms with Crippen molar-refractivity contribution >= 4 is 64.9 Å². The van der Waals surface area contributed by atoms with E-state index in [-0.39, 0.29) is 5.41 Å². The van der Waals surface area contributed by atoms with Gasteiger partial charge in [0.2, 0.25) is 0 Å². The molecule has 2 unspecified atom stereocenters. The zero-order valence-electron chi connectivity index (χ0n) is 30.9. The van der Waals surface area contributed by atoms with Crippen molar-refractivity contribution in [2.75, 3.05) is 4.90 Å². The third-order valence-electron chi connectivity index (χ3n) is 12.2. The first-order valence-corrected chi connectivity index (χ1v) is 20.2. The summed E-state index contributed by atoms with van der Waals surface area (Å²) in [6.45, 7) is 4.73. The van der Waals surface area contributed by atoms with E-state index in [9.17, 15) is 0 Å². The lowest BCUT2D eigenvalue weighted by Crippen LogP contribution is -2.17. The average Bonchev–Trinajstić information content (AvgIpc) is 3.73. The molecule has 0 aliphatic heterocycles. The highest BCUT2D eigenvalue weighted by Crippen LogP contribution is 2.51. The van der Waals surface area contributed by atoms with Crippen LogP contribution in [0, 0.1) is 11.8 Å².